The van der Waals surface area contributed by atoms with Crippen LogP contribution in [0.2, 0.25) is 0 Å². The molecule has 0 aromatic heterocycles. The zero-order valence-corrected chi connectivity index (χ0v) is 12.2. The normalized spacial score (nSPS) is 24.3. The Hall–Kier alpha value is -2.13. The number of aliphatic hydroxyl groups is 1. The van der Waals surface area contributed by atoms with E-state index in [2.05, 4.69) is 6.92 Å². The highest BCUT2D eigenvalue weighted by Crippen LogP contribution is 2.41. The zero-order valence-electron chi connectivity index (χ0n) is 12.2. The third kappa shape index (κ3) is 2.14. The monoisotopic (exact) mass is 282 g/mol. The molecule has 0 radical (unpaired) electrons. The van der Waals surface area contributed by atoms with Crippen molar-refractivity contribution < 1.29 is 14.6 Å². The first kappa shape index (κ1) is 13.8. The van der Waals surface area contributed by atoms with Gasteiger partial charge in [0.2, 0.25) is 5.79 Å². The van der Waals surface area contributed by atoms with E-state index in [1.807, 2.05) is 24.3 Å². The largest absolute Gasteiger partial charge is 0.457 e. The lowest BCUT2D eigenvalue weighted by Crippen LogP contribution is -2.46. The van der Waals surface area contributed by atoms with Crippen molar-refractivity contribution in [1.29, 1.82) is 0 Å². The van der Waals surface area contributed by atoms with Crippen LogP contribution in [0.4, 0.5) is 0 Å². The summed E-state index contributed by atoms with van der Waals surface area (Å²) < 4.78 is 5.80. The Bertz CT molecular complexity index is 675. The second-order valence-electron chi connectivity index (χ2n) is 5.43. The van der Waals surface area contributed by atoms with Gasteiger partial charge < -0.3 is 9.84 Å². The molecule has 3 nitrogen and oxygen atoms in total. The van der Waals surface area contributed by atoms with Gasteiger partial charge in [-0.05, 0) is 31.0 Å². The number of hydrogen-bond acceptors (Lipinski definition) is 3. The van der Waals surface area contributed by atoms with E-state index in [1.54, 1.807) is 31.2 Å². The molecule has 1 aliphatic rings. The van der Waals surface area contributed by atoms with Crippen LogP contribution in [0.25, 0.3) is 0 Å². The Kier molecular flexibility index (Phi) is 3.30. The van der Waals surface area contributed by atoms with Gasteiger partial charge in [0.1, 0.15) is 5.75 Å². The topological polar surface area (TPSA) is 46.5 Å². The number of Topliss-reactive ketones (excluding diaryl/α,β-unsaturated/α-hetero) is 1. The summed E-state index contributed by atoms with van der Waals surface area (Å²) in [7, 11) is 0. The van der Waals surface area contributed by atoms with Crippen molar-refractivity contribution >= 4 is 5.78 Å². The number of fused-ring (bicyclic) bond motifs is 1. The summed E-state index contributed by atoms with van der Waals surface area (Å²) in [5.41, 5.74) is 2.31. The lowest BCUT2D eigenvalue weighted by atomic mass is 9.84. The third-order valence-corrected chi connectivity index (χ3v) is 4.17. The minimum atomic E-state index is -1.61. The third-order valence-electron chi connectivity index (χ3n) is 4.17. The standard InChI is InChI=1S/C18H18O3/c1-3-13-8-10-14(11-9-13)18(20)12(2)17(19)15-6-4-5-7-16(15)21-18/h4-12,20H,3H2,1-2H3/t12-,18-/m1/s1. The van der Waals surface area contributed by atoms with Gasteiger partial charge in [0.15, 0.2) is 5.78 Å². The van der Waals surface area contributed by atoms with Gasteiger partial charge in [-0.1, -0.05) is 43.3 Å². The first-order valence-electron chi connectivity index (χ1n) is 7.20. The summed E-state index contributed by atoms with van der Waals surface area (Å²) in [5, 5.41) is 10.9. The van der Waals surface area contributed by atoms with E-state index in [0.717, 1.165) is 6.42 Å². The summed E-state index contributed by atoms with van der Waals surface area (Å²) in [4.78, 5) is 12.5. The minimum absolute atomic E-state index is 0.0982. The highest BCUT2D eigenvalue weighted by molar-refractivity contribution is 6.01. The van der Waals surface area contributed by atoms with Crippen LogP contribution in [0.3, 0.4) is 0 Å². The first-order chi connectivity index (χ1) is 10.1. The van der Waals surface area contributed by atoms with Crippen LogP contribution < -0.4 is 4.74 Å². The van der Waals surface area contributed by atoms with Crippen LogP contribution in [-0.4, -0.2) is 10.9 Å². The van der Waals surface area contributed by atoms with Gasteiger partial charge in [-0.3, -0.25) is 4.79 Å². The molecular weight excluding hydrogens is 264 g/mol. The molecule has 2 aromatic rings. The molecule has 0 spiro atoms. The van der Waals surface area contributed by atoms with Crippen molar-refractivity contribution in [2.45, 2.75) is 26.1 Å². The van der Waals surface area contributed by atoms with E-state index in [9.17, 15) is 9.90 Å². The highest BCUT2D eigenvalue weighted by atomic mass is 16.6. The maximum atomic E-state index is 12.5. The van der Waals surface area contributed by atoms with Crippen LogP contribution in [-0.2, 0) is 12.2 Å². The van der Waals surface area contributed by atoms with Crippen molar-refractivity contribution in [3.05, 3.63) is 65.2 Å². The second kappa shape index (κ2) is 5.01. The van der Waals surface area contributed by atoms with Crippen molar-refractivity contribution in [2.75, 3.05) is 0 Å². The Labute approximate surface area is 124 Å². The number of benzene rings is 2. The Morgan fingerprint density at radius 3 is 2.48 bits per heavy atom. The molecule has 1 N–H and O–H groups in total. The SMILES string of the molecule is CCc1ccc([C@]2(O)Oc3ccccc3C(=O)[C@H]2C)cc1. The average molecular weight is 282 g/mol. The van der Waals surface area contributed by atoms with Crippen molar-refractivity contribution in [2.24, 2.45) is 5.92 Å². The number of rotatable bonds is 2. The van der Waals surface area contributed by atoms with Gasteiger partial charge in [-0.15, -0.1) is 0 Å². The minimum Gasteiger partial charge on any atom is -0.457 e. The van der Waals surface area contributed by atoms with Gasteiger partial charge in [0.05, 0.1) is 11.5 Å². The molecule has 0 saturated heterocycles. The van der Waals surface area contributed by atoms with Gasteiger partial charge >= 0.3 is 0 Å². The summed E-state index contributed by atoms with van der Waals surface area (Å²) in [6.07, 6.45) is 0.927. The number of hydrogen-bond donors (Lipinski definition) is 1. The van der Waals surface area contributed by atoms with E-state index < -0.39 is 11.7 Å². The molecular formula is C18H18O3. The smallest absolute Gasteiger partial charge is 0.244 e. The average Bonchev–Trinajstić information content (AvgIpc) is 2.53. The summed E-state index contributed by atoms with van der Waals surface area (Å²) in [6, 6.07) is 14.6. The molecule has 0 aliphatic carbocycles. The zero-order chi connectivity index (χ0) is 15.0. The fraction of sp³-hybridized carbons (Fsp3) is 0.278. The molecule has 1 heterocycles. The van der Waals surface area contributed by atoms with E-state index >= 15 is 0 Å². The predicted octanol–water partition coefficient (Wildman–Crippen LogP) is 3.31. The summed E-state index contributed by atoms with van der Waals surface area (Å²) >= 11 is 0. The molecule has 108 valence electrons. The molecule has 1 aliphatic heterocycles. The predicted molar refractivity (Wildman–Crippen MR) is 80.3 cm³/mol. The quantitative estimate of drug-likeness (QED) is 0.919. The van der Waals surface area contributed by atoms with E-state index in [1.165, 1.54) is 5.56 Å². The summed E-state index contributed by atoms with van der Waals surface area (Å²) in [5.74, 6) is -1.93. The van der Waals surface area contributed by atoms with E-state index in [0.29, 0.717) is 16.9 Å². The maximum Gasteiger partial charge on any atom is 0.244 e. The Morgan fingerprint density at radius 1 is 1.14 bits per heavy atom. The van der Waals surface area contributed by atoms with Crippen LogP contribution in [0.15, 0.2) is 48.5 Å². The highest BCUT2D eigenvalue weighted by Gasteiger charge is 2.47. The molecule has 0 unspecified atom stereocenters. The lowest BCUT2D eigenvalue weighted by molar-refractivity contribution is -0.176. The van der Waals surface area contributed by atoms with Crippen molar-refractivity contribution in [3.63, 3.8) is 0 Å². The molecule has 0 fully saturated rings. The van der Waals surface area contributed by atoms with Gasteiger partial charge in [0, 0.05) is 5.56 Å². The lowest BCUT2D eigenvalue weighted by Gasteiger charge is -2.38. The van der Waals surface area contributed by atoms with Crippen LogP contribution in [0.5, 0.6) is 5.75 Å². The van der Waals surface area contributed by atoms with Gasteiger partial charge in [0.25, 0.3) is 0 Å². The molecule has 0 bridgehead atoms. The first-order valence-corrected chi connectivity index (χ1v) is 7.20. The van der Waals surface area contributed by atoms with Crippen molar-refractivity contribution in [3.8, 4) is 5.75 Å². The van der Waals surface area contributed by atoms with E-state index in [-0.39, 0.29) is 5.78 Å². The fourth-order valence-electron chi connectivity index (χ4n) is 2.71. The van der Waals surface area contributed by atoms with Gasteiger partial charge in [-0.2, -0.15) is 0 Å². The molecule has 0 amide bonds. The molecule has 3 rings (SSSR count). The number of para-hydroxylation sites is 1. The number of ketones is 1. The Balaban J connectivity index is 2.06. The molecule has 3 heteroatoms. The number of carbonyl (C=O) groups is 1. The number of ether oxygens (including phenoxy) is 1. The van der Waals surface area contributed by atoms with Crippen LogP contribution in [0.1, 0.15) is 35.3 Å². The van der Waals surface area contributed by atoms with Crippen LogP contribution in [0, 0.1) is 5.92 Å². The number of carbonyl (C=O) groups excluding carboxylic acids is 1. The fourth-order valence-corrected chi connectivity index (χ4v) is 2.71. The summed E-state index contributed by atoms with van der Waals surface area (Å²) in [6.45, 7) is 3.77. The molecule has 2 atom stereocenters. The molecule has 21 heavy (non-hydrogen) atoms. The maximum absolute atomic E-state index is 12.5. The second-order valence-corrected chi connectivity index (χ2v) is 5.43. The van der Waals surface area contributed by atoms with Gasteiger partial charge in [-0.25, -0.2) is 0 Å². The molecule has 0 saturated carbocycles. The van der Waals surface area contributed by atoms with Crippen LogP contribution >= 0.6 is 0 Å². The van der Waals surface area contributed by atoms with E-state index in [4.69, 9.17) is 4.74 Å². The van der Waals surface area contributed by atoms with Crippen molar-refractivity contribution in [1.82, 2.24) is 0 Å². The number of aryl methyl sites for hydroxylation is 1. The Morgan fingerprint density at radius 2 is 1.81 bits per heavy atom. The molecule has 2 aromatic carbocycles.